The molecule has 0 fully saturated rings. The predicted molar refractivity (Wildman–Crippen MR) is 59.0 cm³/mol. The summed E-state index contributed by atoms with van der Waals surface area (Å²) in [6, 6.07) is -0.339. The third-order valence-corrected chi connectivity index (χ3v) is 3.99. The zero-order valence-electron chi connectivity index (χ0n) is 8.85. The molecule has 0 amide bonds. The maximum Gasteiger partial charge on any atom is 0.342 e. The lowest BCUT2D eigenvalue weighted by Gasteiger charge is -2.23. The van der Waals surface area contributed by atoms with Gasteiger partial charge in [0.15, 0.2) is 0 Å². The first-order chi connectivity index (χ1) is 7.06. The highest BCUT2D eigenvalue weighted by atomic mass is 31.2. The fourth-order valence-corrected chi connectivity index (χ4v) is 2.75. The topological polar surface area (TPSA) is 153 Å². The summed E-state index contributed by atoms with van der Waals surface area (Å²) in [4.78, 5) is 35.2. The lowest BCUT2D eigenvalue weighted by Crippen LogP contribution is -2.41. The molecule has 0 aromatic heterocycles. The second kappa shape index (κ2) is 6.23. The van der Waals surface area contributed by atoms with Gasteiger partial charge in [0.05, 0.1) is 6.16 Å². The molecule has 0 rings (SSSR count). The Morgan fingerprint density at radius 2 is 1.75 bits per heavy atom. The highest BCUT2D eigenvalue weighted by Gasteiger charge is 2.31. The first-order valence-electron chi connectivity index (χ1n) is 4.62. The van der Waals surface area contributed by atoms with Gasteiger partial charge in [-0.05, 0) is 13.3 Å². The molecule has 0 saturated carbocycles. The second-order valence-corrected chi connectivity index (χ2v) is 7.16. The first-order valence-corrected chi connectivity index (χ1v) is 8.10. The smallest absolute Gasteiger partial charge is 0.329 e. The minimum absolute atomic E-state index is 0.173. The van der Waals surface area contributed by atoms with Crippen molar-refractivity contribution in [2.75, 3.05) is 12.7 Å². The van der Waals surface area contributed by atoms with E-state index >= 15 is 0 Å². The van der Waals surface area contributed by atoms with Crippen molar-refractivity contribution in [2.24, 2.45) is 5.73 Å². The van der Waals surface area contributed by atoms with E-state index in [0.717, 1.165) is 0 Å². The summed E-state index contributed by atoms with van der Waals surface area (Å²) in [6.07, 6.45) is -0.883. The van der Waals surface area contributed by atoms with Gasteiger partial charge in [-0.25, -0.2) is 0 Å². The number of hydrogen-bond acceptors (Lipinski definition) is 4. The van der Waals surface area contributed by atoms with Crippen molar-refractivity contribution >= 4 is 15.2 Å². The third kappa shape index (κ3) is 7.49. The molecule has 98 valence electrons. The van der Waals surface area contributed by atoms with Crippen molar-refractivity contribution < 1.29 is 28.7 Å². The maximum atomic E-state index is 11.0. The lowest BCUT2D eigenvalue weighted by molar-refractivity contribution is 0.332. The van der Waals surface area contributed by atoms with E-state index in [1.807, 2.05) is 0 Å². The van der Waals surface area contributed by atoms with Gasteiger partial charge >= 0.3 is 15.2 Å². The summed E-state index contributed by atoms with van der Waals surface area (Å²) in [6.45, 7) is 1.80. The van der Waals surface area contributed by atoms with Gasteiger partial charge in [0, 0.05) is 12.6 Å². The molecule has 0 aliphatic carbocycles. The molecule has 0 aliphatic rings. The van der Waals surface area contributed by atoms with Crippen molar-refractivity contribution in [3.05, 3.63) is 0 Å². The molecule has 2 unspecified atom stereocenters. The van der Waals surface area contributed by atoms with Gasteiger partial charge < -0.3 is 25.3 Å². The maximum absolute atomic E-state index is 11.0. The Hall–Kier alpha value is 0.220. The Morgan fingerprint density at radius 3 is 2.06 bits per heavy atom. The van der Waals surface area contributed by atoms with E-state index in [0.29, 0.717) is 0 Å². The van der Waals surface area contributed by atoms with Gasteiger partial charge in [-0.15, -0.1) is 0 Å². The molecular weight excluding hydrogens is 258 g/mol. The van der Waals surface area contributed by atoms with Crippen LogP contribution in [0.5, 0.6) is 0 Å². The summed E-state index contributed by atoms with van der Waals surface area (Å²) >= 11 is 0. The zero-order chi connectivity index (χ0) is 13.0. The van der Waals surface area contributed by atoms with E-state index in [9.17, 15) is 9.13 Å². The molecule has 0 heterocycles. The van der Waals surface area contributed by atoms with E-state index < -0.39 is 27.1 Å². The van der Waals surface area contributed by atoms with Crippen LogP contribution in [0.3, 0.4) is 0 Å². The largest absolute Gasteiger partial charge is 0.342 e. The molecule has 0 aliphatic heterocycles. The molecule has 2 atom stereocenters. The van der Waals surface area contributed by atoms with E-state index in [-0.39, 0.29) is 19.0 Å². The van der Waals surface area contributed by atoms with Crippen LogP contribution in [0.25, 0.3) is 0 Å². The molecule has 0 spiro atoms. The van der Waals surface area contributed by atoms with Crippen LogP contribution in [0, 0.1) is 0 Å². The van der Waals surface area contributed by atoms with Gasteiger partial charge in [-0.2, -0.15) is 0 Å². The first kappa shape index (κ1) is 16.2. The molecule has 10 heteroatoms. The van der Waals surface area contributed by atoms with Crippen LogP contribution in [0.1, 0.15) is 13.3 Å². The monoisotopic (exact) mass is 276 g/mol. The molecule has 8 nitrogen and oxygen atoms in total. The van der Waals surface area contributed by atoms with Crippen LogP contribution in [0.15, 0.2) is 0 Å². The van der Waals surface area contributed by atoms with E-state index in [4.69, 9.17) is 25.3 Å². The van der Waals surface area contributed by atoms with Crippen molar-refractivity contribution in [1.82, 2.24) is 5.32 Å². The summed E-state index contributed by atoms with van der Waals surface area (Å²) in [7, 11) is -8.69. The zero-order valence-corrected chi connectivity index (χ0v) is 10.6. The normalized spacial score (nSPS) is 17.1. The Kier molecular flexibility index (Phi) is 6.32. The van der Waals surface area contributed by atoms with Gasteiger partial charge in [0.25, 0.3) is 0 Å². The quantitative estimate of drug-likeness (QED) is 0.323. The molecule has 7 N–H and O–H groups in total. The highest BCUT2D eigenvalue weighted by Crippen LogP contribution is 2.45. The Morgan fingerprint density at radius 1 is 1.25 bits per heavy atom. The highest BCUT2D eigenvalue weighted by molar-refractivity contribution is 7.53. The number of nitrogens with one attached hydrogen (secondary N) is 1. The average molecular weight is 276 g/mol. The second-order valence-electron chi connectivity index (χ2n) is 3.59. The predicted octanol–water partition coefficient (Wildman–Crippen LogP) is -1.01. The van der Waals surface area contributed by atoms with Crippen LogP contribution < -0.4 is 11.1 Å². The van der Waals surface area contributed by atoms with Crippen molar-refractivity contribution in [3.8, 4) is 0 Å². The van der Waals surface area contributed by atoms with E-state index in [1.165, 1.54) is 0 Å². The van der Waals surface area contributed by atoms with Crippen molar-refractivity contribution in [2.45, 2.75) is 25.2 Å². The van der Waals surface area contributed by atoms with Gasteiger partial charge in [0.2, 0.25) is 0 Å². The average Bonchev–Trinajstić information content (AvgIpc) is 2.08. The van der Waals surface area contributed by atoms with Crippen LogP contribution in [-0.4, -0.2) is 44.1 Å². The summed E-state index contributed by atoms with van der Waals surface area (Å²) < 4.78 is 21.6. The lowest BCUT2D eigenvalue weighted by atomic mass is 10.3. The SMILES string of the molecule is CC(CN)NC(CCP(=O)(O)O)P(=O)(O)O. The molecule has 0 saturated heterocycles. The fourth-order valence-electron chi connectivity index (χ4n) is 1.04. The van der Waals surface area contributed by atoms with Crippen molar-refractivity contribution in [1.29, 1.82) is 0 Å². The molecule has 16 heavy (non-hydrogen) atoms. The summed E-state index contributed by atoms with van der Waals surface area (Å²) in [5.41, 5.74) is 5.28. The standard InChI is InChI=1S/C6H18N2O6P2/c1-5(4-7)8-6(16(12,13)14)2-3-15(9,10)11/h5-6,8H,2-4,7H2,1H3,(H2,9,10,11)(H2,12,13,14). The third-order valence-electron chi connectivity index (χ3n) is 1.93. The van der Waals surface area contributed by atoms with Crippen LogP contribution >= 0.6 is 15.2 Å². The number of hydrogen-bond donors (Lipinski definition) is 6. The summed E-state index contributed by atoms with van der Waals surface area (Å²) in [5, 5.41) is 2.55. The molecule has 0 bridgehead atoms. The molecular formula is C6H18N2O6P2. The van der Waals surface area contributed by atoms with Gasteiger partial charge in [0.1, 0.15) is 5.78 Å². The van der Waals surface area contributed by atoms with E-state index in [1.54, 1.807) is 6.92 Å². The Bertz CT molecular complexity index is 299. The van der Waals surface area contributed by atoms with Gasteiger partial charge in [-0.1, -0.05) is 0 Å². The minimum atomic E-state index is -4.44. The van der Waals surface area contributed by atoms with Crippen LogP contribution in [0.2, 0.25) is 0 Å². The van der Waals surface area contributed by atoms with E-state index in [2.05, 4.69) is 5.32 Å². The Balaban J connectivity index is 4.46. The molecule has 0 aromatic rings. The van der Waals surface area contributed by atoms with Gasteiger partial charge in [-0.3, -0.25) is 14.4 Å². The van der Waals surface area contributed by atoms with Crippen LogP contribution in [0.4, 0.5) is 0 Å². The number of rotatable bonds is 7. The van der Waals surface area contributed by atoms with Crippen LogP contribution in [-0.2, 0) is 9.13 Å². The fraction of sp³-hybridized carbons (Fsp3) is 1.00. The minimum Gasteiger partial charge on any atom is -0.329 e. The summed E-state index contributed by atoms with van der Waals surface area (Å²) in [5.74, 6) is -1.28. The van der Waals surface area contributed by atoms with Crippen molar-refractivity contribution in [3.63, 3.8) is 0 Å². The Labute approximate surface area is 93.6 Å². The molecule has 0 radical (unpaired) electrons. The number of nitrogens with two attached hydrogens (primary N) is 1. The molecule has 0 aromatic carbocycles.